The number of halogens is 3. The summed E-state index contributed by atoms with van der Waals surface area (Å²) in [6.07, 6.45) is 0.238. The third-order valence-corrected chi connectivity index (χ3v) is 4.34. The maximum absolute atomic E-state index is 13.6. The van der Waals surface area contributed by atoms with E-state index in [0.29, 0.717) is 11.6 Å². The van der Waals surface area contributed by atoms with E-state index in [4.69, 9.17) is 4.74 Å². The van der Waals surface area contributed by atoms with Gasteiger partial charge in [0, 0.05) is 12.0 Å². The fourth-order valence-electron chi connectivity index (χ4n) is 2.67. The van der Waals surface area contributed by atoms with Crippen molar-refractivity contribution in [1.82, 2.24) is 0 Å². The van der Waals surface area contributed by atoms with Gasteiger partial charge < -0.3 is 10.1 Å². The summed E-state index contributed by atoms with van der Waals surface area (Å²) < 4.78 is 44.7. The van der Waals surface area contributed by atoms with Crippen molar-refractivity contribution in [2.45, 2.75) is 45.6 Å². The summed E-state index contributed by atoms with van der Waals surface area (Å²) in [6, 6.07) is 8.63. The van der Waals surface area contributed by atoms with Crippen molar-refractivity contribution < 1.29 is 32.3 Å². The first kappa shape index (κ1) is 23.1. The van der Waals surface area contributed by atoms with E-state index in [1.54, 1.807) is 12.1 Å². The smallest absolute Gasteiger partial charge is 0.307 e. The zero-order valence-electron chi connectivity index (χ0n) is 16.6. The monoisotopic (exact) mass is 421 g/mol. The quantitative estimate of drug-likeness (QED) is 0.365. The Morgan fingerprint density at radius 3 is 2.27 bits per heavy atom. The van der Waals surface area contributed by atoms with Crippen LogP contribution >= 0.6 is 0 Å². The third kappa shape index (κ3) is 6.17. The fraction of sp³-hybridized carbons (Fsp3) is 0.318. The minimum Gasteiger partial charge on any atom is -0.453 e. The molecule has 2 rings (SSSR count). The number of aryl methyl sites for hydroxylation is 1. The number of hydrogen-bond acceptors (Lipinski definition) is 4. The molecule has 1 N–H and O–H groups in total. The molecule has 0 saturated carbocycles. The number of carbonyl (C=O) groups is 3. The van der Waals surface area contributed by atoms with Crippen molar-refractivity contribution in [3.63, 3.8) is 0 Å². The minimum atomic E-state index is -1.72. The second kappa shape index (κ2) is 10.6. The highest BCUT2D eigenvalue weighted by atomic mass is 19.2. The summed E-state index contributed by atoms with van der Waals surface area (Å²) in [6.45, 7) is 3.29. The molecule has 1 atom stereocenters. The minimum absolute atomic E-state index is 0.0991. The van der Waals surface area contributed by atoms with E-state index in [0.717, 1.165) is 24.5 Å². The van der Waals surface area contributed by atoms with Crippen LogP contribution in [0.2, 0.25) is 0 Å². The highest BCUT2D eigenvalue weighted by Crippen LogP contribution is 2.20. The van der Waals surface area contributed by atoms with Gasteiger partial charge in [-0.3, -0.25) is 14.4 Å². The maximum atomic E-state index is 13.6. The number of anilines is 1. The SMILES string of the molecule is CCCc1ccc(C(=O)CCC(=O)O[C@@H](C)C(=O)Nc2ccc(F)c(F)c2F)cc1. The molecule has 5 nitrogen and oxygen atoms in total. The number of Topliss-reactive ketones (excluding diaryl/α,β-unsaturated/α-hetero) is 1. The molecule has 0 radical (unpaired) electrons. The number of ether oxygens (including phenoxy) is 1. The second-order valence-corrected chi connectivity index (χ2v) is 6.71. The van der Waals surface area contributed by atoms with E-state index in [1.807, 2.05) is 17.4 Å². The number of ketones is 1. The summed E-state index contributed by atoms with van der Waals surface area (Å²) in [5.74, 6) is -6.63. The predicted octanol–water partition coefficient (Wildman–Crippen LogP) is 4.59. The normalized spacial score (nSPS) is 11.6. The molecule has 8 heteroatoms. The lowest BCUT2D eigenvalue weighted by Crippen LogP contribution is -2.30. The zero-order valence-corrected chi connectivity index (χ0v) is 16.6. The Morgan fingerprint density at radius 1 is 0.967 bits per heavy atom. The van der Waals surface area contributed by atoms with Crippen LogP contribution < -0.4 is 5.32 Å². The summed E-state index contributed by atoms with van der Waals surface area (Å²) >= 11 is 0. The topological polar surface area (TPSA) is 72.5 Å². The molecule has 0 aliphatic rings. The molecule has 0 fully saturated rings. The van der Waals surface area contributed by atoms with Crippen LogP contribution in [0.15, 0.2) is 36.4 Å². The molecule has 0 aliphatic heterocycles. The molecule has 0 aliphatic carbocycles. The van der Waals surface area contributed by atoms with Gasteiger partial charge in [0.2, 0.25) is 0 Å². The van der Waals surface area contributed by atoms with Crippen molar-refractivity contribution in [2.24, 2.45) is 0 Å². The Morgan fingerprint density at radius 2 is 1.63 bits per heavy atom. The van der Waals surface area contributed by atoms with E-state index in [2.05, 4.69) is 6.92 Å². The number of rotatable bonds is 9. The Bertz CT molecular complexity index is 929. The van der Waals surface area contributed by atoms with Gasteiger partial charge in [-0.15, -0.1) is 0 Å². The molecule has 160 valence electrons. The van der Waals surface area contributed by atoms with Gasteiger partial charge in [0.05, 0.1) is 12.1 Å². The van der Waals surface area contributed by atoms with Crippen molar-refractivity contribution in [3.8, 4) is 0 Å². The predicted molar refractivity (Wildman–Crippen MR) is 105 cm³/mol. The number of amides is 1. The Labute approximate surface area is 172 Å². The lowest BCUT2D eigenvalue weighted by molar-refractivity contribution is -0.153. The highest BCUT2D eigenvalue weighted by Gasteiger charge is 2.21. The van der Waals surface area contributed by atoms with Crippen LogP contribution in [0.3, 0.4) is 0 Å². The van der Waals surface area contributed by atoms with Gasteiger partial charge in [0.25, 0.3) is 5.91 Å². The summed E-state index contributed by atoms with van der Waals surface area (Å²) in [5, 5.41) is 2.02. The van der Waals surface area contributed by atoms with E-state index in [-0.39, 0.29) is 18.6 Å². The van der Waals surface area contributed by atoms with Crippen LogP contribution in [0.4, 0.5) is 18.9 Å². The summed E-state index contributed by atoms with van der Waals surface area (Å²) in [4.78, 5) is 36.1. The van der Waals surface area contributed by atoms with Crippen LogP contribution in [0.25, 0.3) is 0 Å². The second-order valence-electron chi connectivity index (χ2n) is 6.71. The van der Waals surface area contributed by atoms with Crippen molar-refractivity contribution in [1.29, 1.82) is 0 Å². The van der Waals surface area contributed by atoms with Crippen LogP contribution in [-0.2, 0) is 20.7 Å². The standard InChI is InChI=1S/C22H22F3NO4/c1-3-4-14-5-7-15(8-6-14)18(27)11-12-19(28)30-13(2)22(29)26-17-10-9-16(23)20(24)21(17)25/h5-10,13H,3-4,11-12H2,1-2H3,(H,26,29)/t13-/m0/s1. The number of carbonyl (C=O) groups excluding carboxylic acids is 3. The molecule has 0 saturated heterocycles. The van der Waals surface area contributed by atoms with E-state index < -0.39 is 41.1 Å². The van der Waals surface area contributed by atoms with E-state index >= 15 is 0 Å². The largest absolute Gasteiger partial charge is 0.453 e. The molecular formula is C22H22F3NO4. The van der Waals surface area contributed by atoms with Gasteiger partial charge in [-0.1, -0.05) is 37.6 Å². The van der Waals surface area contributed by atoms with Crippen LogP contribution in [0.5, 0.6) is 0 Å². The third-order valence-electron chi connectivity index (χ3n) is 4.34. The average Bonchev–Trinajstić information content (AvgIpc) is 2.73. The Kier molecular flexibility index (Phi) is 8.15. The fourth-order valence-corrected chi connectivity index (χ4v) is 2.67. The first-order valence-electron chi connectivity index (χ1n) is 9.48. The van der Waals surface area contributed by atoms with Crippen LogP contribution in [0.1, 0.15) is 49.0 Å². The van der Waals surface area contributed by atoms with Crippen molar-refractivity contribution in [3.05, 3.63) is 65.0 Å². The van der Waals surface area contributed by atoms with Crippen LogP contribution in [0, 0.1) is 17.5 Å². The molecule has 30 heavy (non-hydrogen) atoms. The molecule has 1 amide bonds. The molecule has 0 bridgehead atoms. The average molecular weight is 421 g/mol. The van der Waals surface area contributed by atoms with Gasteiger partial charge in [0.1, 0.15) is 0 Å². The van der Waals surface area contributed by atoms with Crippen LogP contribution in [-0.4, -0.2) is 23.8 Å². The van der Waals surface area contributed by atoms with E-state index in [9.17, 15) is 27.6 Å². The zero-order chi connectivity index (χ0) is 22.3. The van der Waals surface area contributed by atoms with Crippen molar-refractivity contribution in [2.75, 3.05) is 5.32 Å². The Balaban J connectivity index is 1.84. The lowest BCUT2D eigenvalue weighted by Gasteiger charge is -2.14. The Hall–Kier alpha value is -3.16. The maximum Gasteiger partial charge on any atom is 0.307 e. The lowest BCUT2D eigenvalue weighted by atomic mass is 10.0. The summed E-state index contributed by atoms with van der Waals surface area (Å²) in [5.41, 5.74) is 1.01. The number of benzene rings is 2. The number of nitrogens with one attached hydrogen (secondary N) is 1. The molecule has 2 aromatic rings. The van der Waals surface area contributed by atoms with Gasteiger partial charge in [0.15, 0.2) is 29.3 Å². The summed E-state index contributed by atoms with van der Waals surface area (Å²) in [7, 11) is 0. The molecule has 0 unspecified atom stereocenters. The van der Waals surface area contributed by atoms with Gasteiger partial charge >= 0.3 is 5.97 Å². The highest BCUT2D eigenvalue weighted by molar-refractivity contribution is 5.98. The molecule has 0 heterocycles. The first-order chi connectivity index (χ1) is 14.2. The van der Waals surface area contributed by atoms with Gasteiger partial charge in [-0.05, 0) is 31.0 Å². The first-order valence-corrected chi connectivity index (χ1v) is 9.48. The van der Waals surface area contributed by atoms with Gasteiger partial charge in [-0.2, -0.15) is 0 Å². The molecule has 0 aromatic heterocycles. The molecular weight excluding hydrogens is 399 g/mol. The number of esters is 1. The van der Waals surface area contributed by atoms with Gasteiger partial charge in [-0.25, -0.2) is 13.2 Å². The van der Waals surface area contributed by atoms with Crippen molar-refractivity contribution >= 4 is 23.3 Å². The number of hydrogen-bond donors (Lipinski definition) is 1. The molecule has 0 spiro atoms. The van der Waals surface area contributed by atoms with E-state index in [1.165, 1.54) is 6.92 Å². The molecule has 2 aromatic carbocycles.